The van der Waals surface area contributed by atoms with E-state index in [1.165, 1.54) is 22.1 Å². The molecule has 0 aliphatic rings. The highest BCUT2D eigenvalue weighted by atomic mass is 32.1. The molecule has 8 heteroatoms. The zero-order chi connectivity index (χ0) is 18.7. The first-order valence-electron chi connectivity index (χ1n) is 8.24. The molecule has 0 saturated carbocycles. The molecule has 2 heterocycles. The summed E-state index contributed by atoms with van der Waals surface area (Å²) < 4.78 is 2.26. The lowest BCUT2D eigenvalue weighted by Gasteiger charge is -2.16. The minimum Gasteiger partial charge on any atom is -0.384 e. The van der Waals surface area contributed by atoms with Gasteiger partial charge in [0.2, 0.25) is 5.78 Å². The first kappa shape index (κ1) is 19.1. The van der Waals surface area contributed by atoms with Crippen LogP contribution in [0, 0.1) is 6.92 Å². The lowest BCUT2D eigenvalue weighted by molar-refractivity contribution is -0.884. The Morgan fingerprint density at radius 2 is 2.04 bits per heavy atom. The van der Waals surface area contributed by atoms with Crippen LogP contribution in [0.3, 0.4) is 0 Å². The number of nitrogens with two attached hydrogens (primary N) is 1. The molecule has 0 radical (unpaired) electrons. The van der Waals surface area contributed by atoms with E-state index in [2.05, 4.69) is 0 Å². The van der Waals surface area contributed by atoms with E-state index in [1.54, 1.807) is 11.3 Å². The van der Waals surface area contributed by atoms with Crippen LogP contribution in [0.25, 0.3) is 0 Å². The Labute approximate surface area is 150 Å². The third-order valence-corrected chi connectivity index (χ3v) is 5.23. The van der Waals surface area contributed by atoms with Gasteiger partial charge >= 0.3 is 5.69 Å². The molecule has 0 fully saturated rings. The van der Waals surface area contributed by atoms with Crippen LogP contribution in [0.4, 0.5) is 5.82 Å². The molecule has 0 aliphatic heterocycles. The van der Waals surface area contributed by atoms with Gasteiger partial charge in [0.05, 0.1) is 11.9 Å². The van der Waals surface area contributed by atoms with Gasteiger partial charge in [-0.2, -0.15) is 0 Å². The predicted molar refractivity (Wildman–Crippen MR) is 99.5 cm³/mol. The van der Waals surface area contributed by atoms with Crippen molar-refractivity contribution in [3.63, 3.8) is 0 Å². The summed E-state index contributed by atoms with van der Waals surface area (Å²) >= 11 is 1.65. The molecule has 3 N–H and O–H groups in total. The van der Waals surface area contributed by atoms with Crippen molar-refractivity contribution >= 4 is 22.9 Å². The molecule has 1 unspecified atom stereocenters. The Morgan fingerprint density at radius 3 is 2.60 bits per heavy atom. The van der Waals surface area contributed by atoms with Gasteiger partial charge < -0.3 is 10.6 Å². The Bertz CT molecular complexity index is 894. The Morgan fingerprint density at radius 1 is 1.36 bits per heavy atom. The number of carbonyl (C=O) groups excluding carboxylic acids is 1. The van der Waals surface area contributed by atoms with Crippen molar-refractivity contribution in [1.29, 1.82) is 0 Å². The molecular formula is C17H25N4O3S+. The van der Waals surface area contributed by atoms with E-state index in [4.69, 9.17) is 5.73 Å². The largest absolute Gasteiger partial charge is 0.384 e. The highest BCUT2D eigenvalue weighted by Gasteiger charge is 2.24. The van der Waals surface area contributed by atoms with E-state index >= 15 is 0 Å². The average Bonchev–Trinajstić information content (AvgIpc) is 2.94. The second kappa shape index (κ2) is 7.79. The number of ketones is 1. The van der Waals surface area contributed by atoms with E-state index in [1.807, 2.05) is 32.3 Å². The zero-order valence-electron chi connectivity index (χ0n) is 15.1. The number of nitrogen functional groups attached to an aromatic ring is 1. The summed E-state index contributed by atoms with van der Waals surface area (Å²) in [6.45, 7) is 5.15. The maximum absolute atomic E-state index is 12.7. The number of aromatic nitrogens is 2. The molecule has 7 nitrogen and oxygen atoms in total. The van der Waals surface area contributed by atoms with Gasteiger partial charge in [0.1, 0.15) is 24.5 Å². The number of Topliss-reactive ketones (excluding diaryl/α,β-unsaturated/α-hetero) is 1. The lowest BCUT2D eigenvalue weighted by Crippen LogP contribution is -3.08. The normalized spacial score (nSPS) is 12.3. The Balaban J connectivity index is 2.31. The highest BCUT2D eigenvalue weighted by molar-refractivity contribution is 7.10. The molecule has 0 bridgehead atoms. The van der Waals surface area contributed by atoms with E-state index in [0.29, 0.717) is 19.5 Å². The van der Waals surface area contributed by atoms with E-state index in [-0.39, 0.29) is 23.7 Å². The molecular weight excluding hydrogens is 340 g/mol. The number of nitrogens with zero attached hydrogens (tertiary/aromatic N) is 2. The first-order chi connectivity index (χ1) is 11.8. The van der Waals surface area contributed by atoms with Crippen molar-refractivity contribution in [2.45, 2.75) is 33.4 Å². The van der Waals surface area contributed by atoms with Crippen LogP contribution in [0.15, 0.2) is 21.0 Å². The maximum atomic E-state index is 12.7. The van der Waals surface area contributed by atoms with Crippen molar-refractivity contribution in [3.8, 4) is 0 Å². The summed E-state index contributed by atoms with van der Waals surface area (Å²) in [5, 5.41) is 2.02. The van der Waals surface area contributed by atoms with Crippen molar-refractivity contribution in [2.75, 3.05) is 19.3 Å². The fourth-order valence-corrected chi connectivity index (χ4v) is 3.79. The molecule has 0 aliphatic carbocycles. The van der Waals surface area contributed by atoms with Crippen LogP contribution in [-0.2, 0) is 20.1 Å². The van der Waals surface area contributed by atoms with E-state index in [9.17, 15) is 14.4 Å². The molecule has 1 atom stereocenters. The van der Waals surface area contributed by atoms with E-state index in [0.717, 1.165) is 9.47 Å². The molecule has 0 aromatic carbocycles. The number of aryl methyl sites for hydroxylation is 1. The second-order valence-corrected chi connectivity index (χ2v) is 7.32. The quantitative estimate of drug-likeness (QED) is 0.665. The van der Waals surface area contributed by atoms with Crippen molar-refractivity contribution in [3.05, 3.63) is 48.3 Å². The van der Waals surface area contributed by atoms with Gasteiger partial charge in [-0.1, -0.05) is 6.92 Å². The topological polar surface area (TPSA) is 91.5 Å². The number of carbonyl (C=O) groups is 1. The number of thiophene rings is 1. The second-order valence-electron chi connectivity index (χ2n) is 6.32. The van der Waals surface area contributed by atoms with Gasteiger partial charge in [-0.3, -0.25) is 18.7 Å². The SMILES string of the molecule is CCCn1c(N)c(C(=O)C[NH+](C)Cc2sccc2C)c(=O)n(C)c1=O. The Kier molecular flexibility index (Phi) is 5.97. The van der Waals surface area contributed by atoms with Crippen LogP contribution >= 0.6 is 11.3 Å². The molecule has 0 amide bonds. The number of rotatable bonds is 7. The highest BCUT2D eigenvalue weighted by Crippen LogP contribution is 2.13. The van der Waals surface area contributed by atoms with Gasteiger partial charge in [-0.25, -0.2) is 4.79 Å². The summed E-state index contributed by atoms with van der Waals surface area (Å²) in [7, 11) is 3.28. The number of nitrogens with one attached hydrogen (secondary N) is 1. The lowest BCUT2D eigenvalue weighted by atomic mass is 10.1. The van der Waals surface area contributed by atoms with Crippen LogP contribution in [0.2, 0.25) is 0 Å². The smallest absolute Gasteiger partial charge is 0.332 e. The number of likely N-dealkylation sites (N-methyl/N-ethyl adjacent to an activating group) is 1. The molecule has 0 saturated heterocycles. The summed E-state index contributed by atoms with van der Waals surface area (Å²) in [6.07, 6.45) is 0.679. The number of quaternary nitrogens is 1. The number of hydrogen-bond donors (Lipinski definition) is 2. The van der Waals surface area contributed by atoms with Gasteiger partial charge in [-0.05, 0) is 30.4 Å². The van der Waals surface area contributed by atoms with Crippen molar-refractivity contribution in [1.82, 2.24) is 9.13 Å². The first-order valence-corrected chi connectivity index (χ1v) is 9.12. The van der Waals surface area contributed by atoms with Crippen LogP contribution in [0.5, 0.6) is 0 Å². The Hall–Kier alpha value is -2.19. The van der Waals surface area contributed by atoms with Crippen LogP contribution in [0.1, 0.15) is 34.1 Å². The molecule has 0 spiro atoms. The maximum Gasteiger partial charge on any atom is 0.332 e. The molecule has 2 rings (SSSR count). The van der Waals surface area contributed by atoms with Gasteiger partial charge in [0.25, 0.3) is 5.56 Å². The predicted octanol–water partition coefficient (Wildman–Crippen LogP) is -0.193. The third-order valence-electron chi connectivity index (χ3n) is 4.20. The number of anilines is 1. The van der Waals surface area contributed by atoms with Gasteiger partial charge in [-0.15, -0.1) is 11.3 Å². The molecule has 136 valence electrons. The molecule has 25 heavy (non-hydrogen) atoms. The fourth-order valence-electron chi connectivity index (χ4n) is 2.77. The van der Waals surface area contributed by atoms with Crippen LogP contribution in [-0.4, -0.2) is 28.5 Å². The fraction of sp³-hybridized carbons (Fsp3) is 0.471. The van der Waals surface area contributed by atoms with Gasteiger partial charge in [0.15, 0.2) is 0 Å². The average molecular weight is 365 g/mol. The van der Waals surface area contributed by atoms with E-state index < -0.39 is 11.2 Å². The minimum atomic E-state index is -0.625. The number of hydrogen-bond acceptors (Lipinski definition) is 5. The summed E-state index contributed by atoms with van der Waals surface area (Å²) in [5.41, 5.74) is 6.00. The molecule has 2 aromatic rings. The van der Waals surface area contributed by atoms with Crippen molar-refractivity contribution in [2.24, 2.45) is 7.05 Å². The minimum absolute atomic E-state index is 0.0277. The standard InChI is InChI=1S/C17H24N4O3S/c1-5-7-21-15(18)14(16(23)20(4)17(21)24)12(22)9-19(3)10-13-11(2)6-8-25-13/h6,8H,5,7,9-10,18H2,1-4H3/p+1. The summed E-state index contributed by atoms with van der Waals surface area (Å²) in [6, 6.07) is 2.05. The summed E-state index contributed by atoms with van der Waals surface area (Å²) in [5.74, 6) is -0.366. The van der Waals surface area contributed by atoms with Gasteiger partial charge in [0, 0.05) is 13.6 Å². The van der Waals surface area contributed by atoms with Crippen molar-refractivity contribution < 1.29 is 9.69 Å². The third kappa shape index (κ3) is 3.91. The zero-order valence-corrected chi connectivity index (χ0v) is 15.9. The van der Waals surface area contributed by atoms with Crippen LogP contribution < -0.4 is 21.9 Å². The molecule has 2 aromatic heterocycles. The monoisotopic (exact) mass is 365 g/mol. The summed E-state index contributed by atoms with van der Waals surface area (Å²) in [4.78, 5) is 39.5.